The Hall–Kier alpha value is -1.14. The van der Waals surface area contributed by atoms with E-state index >= 15 is 0 Å². The molecule has 0 spiro atoms. The van der Waals surface area contributed by atoms with Gasteiger partial charge >= 0.3 is 5.97 Å². The number of aliphatic hydroxyl groups excluding tert-OH is 2. The van der Waals surface area contributed by atoms with Crippen molar-refractivity contribution in [1.82, 2.24) is 5.32 Å². The van der Waals surface area contributed by atoms with Gasteiger partial charge in [-0.1, -0.05) is 245 Å². The summed E-state index contributed by atoms with van der Waals surface area (Å²) in [6.45, 7) is 6.48. The fourth-order valence-electron chi connectivity index (χ4n) is 8.08. The van der Waals surface area contributed by atoms with Gasteiger partial charge in [0.2, 0.25) is 5.91 Å². The van der Waals surface area contributed by atoms with Crippen molar-refractivity contribution in [2.45, 2.75) is 302 Å². The number of hydrogen-bond acceptors (Lipinski definition) is 5. The average Bonchev–Trinajstić information content (AvgIpc) is 3.19. The fraction of sp³-hybridized carbons (Fsp3) is 0.960. The number of nitrogens with one attached hydrogen (secondary N) is 1. The van der Waals surface area contributed by atoms with Crippen LogP contribution in [-0.4, -0.2) is 46.9 Å². The predicted molar refractivity (Wildman–Crippen MR) is 241 cm³/mol. The molecule has 0 aliphatic rings. The number of unbranched alkanes of at least 4 members (excludes halogenated alkanes) is 34. The molecule has 0 saturated carbocycles. The van der Waals surface area contributed by atoms with Crippen LogP contribution in [0.2, 0.25) is 0 Å². The smallest absolute Gasteiger partial charge is 0.306 e. The Kier molecular flexibility index (Phi) is 44.0. The molecular weight excluding hydrogens is 695 g/mol. The van der Waals surface area contributed by atoms with Crippen LogP contribution in [0.3, 0.4) is 0 Å². The minimum atomic E-state index is -0.778. The summed E-state index contributed by atoms with van der Waals surface area (Å²) in [6.07, 6.45) is 47.4. The summed E-state index contributed by atoms with van der Waals surface area (Å²) in [6, 6.07) is -0.691. The highest BCUT2D eigenvalue weighted by atomic mass is 16.5. The molecule has 3 atom stereocenters. The van der Waals surface area contributed by atoms with Gasteiger partial charge in [-0.05, 0) is 25.7 Å². The summed E-state index contributed by atoms with van der Waals surface area (Å²) in [7, 11) is 0. The molecule has 0 aromatic rings. The van der Waals surface area contributed by atoms with E-state index in [9.17, 15) is 19.8 Å². The van der Waals surface area contributed by atoms with Crippen LogP contribution >= 0.6 is 0 Å². The van der Waals surface area contributed by atoms with Crippen molar-refractivity contribution in [3.05, 3.63) is 0 Å². The van der Waals surface area contributed by atoms with Crippen molar-refractivity contribution in [3.63, 3.8) is 0 Å². The van der Waals surface area contributed by atoms with Gasteiger partial charge in [0.1, 0.15) is 6.10 Å². The summed E-state index contributed by atoms with van der Waals surface area (Å²) in [5, 5.41) is 23.7. The van der Waals surface area contributed by atoms with Gasteiger partial charge in [-0.25, -0.2) is 0 Å². The quantitative estimate of drug-likeness (QED) is 0.0421. The van der Waals surface area contributed by atoms with Gasteiger partial charge in [0.05, 0.1) is 25.2 Å². The first kappa shape index (κ1) is 54.9. The SMILES string of the molecule is CCCCCCCCCCCCCCCCCCCC(O)C(CO)NC(=O)CC(CCCCCCCCCC)OC(=O)CCCCCCCCCCCCCC. The molecule has 0 aromatic carbocycles. The topological polar surface area (TPSA) is 95.9 Å². The second-order valence-corrected chi connectivity index (χ2v) is 17.6. The highest BCUT2D eigenvalue weighted by Gasteiger charge is 2.24. The van der Waals surface area contributed by atoms with Crippen LogP contribution in [0.25, 0.3) is 0 Å². The standard InChI is InChI=1S/C50H99NO5/c1-4-7-10-13-16-19-21-23-24-25-26-27-28-30-33-36-39-42-48(53)47(45-52)51-49(54)44-46(41-38-35-32-18-15-12-9-6-3)56-50(55)43-40-37-34-31-29-22-20-17-14-11-8-5-2/h46-48,52-53H,4-45H2,1-3H3,(H,51,54). The van der Waals surface area contributed by atoms with Crippen LogP contribution in [0, 0.1) is 0 Å². The van der Waals surface area contributed by atoms with Crippen LogP contribution in [0.15, 0.2) is 0 Å². The van der Waals surface area contributed by atoms with Gasteiger partial charge in [-0.2, -0.15) is 0 Å². The maximum absolute atomic E-state index is 13.1. The molecule has 0 aliphatic carbocycles. The van der Waals surface area contributed by atoms with Crippen molar-refractivity contribution >= 4 is 11.9 Å². The molecule has 0 aromatic heterocycles. The molecule has 334 valence electrons. The number of rotatable bonds is 46. The van der Waals surface area contributed by atoms with Gasteiger partial charge in [0.15, 0.2) is 0 Å². The summed E-state index contributed by atoms with van der Waals surface area (Å²) in [5.74, 6) is -0.458. The summed E-state index contributed by atoms with van der Waals surface area (Å²) in [4.78, 5) is 26.0. The third-order valence-corrected chi connectivity index (χ3v) is 11.9. The van der Waals surface area contributed by atoms with Gasteiger partial charge in [0.25, 0.3) is 0 Å². The molecule has 3 unspecified atom stereocenters. The maximum Gasteiger partial charge on any atom is 0.306 e. The van der Waals surface area contributed by atoms with Gasteiger partial charge < -0.3 is 20.3 Å². The Balaban J connectivity index is 4.34. The molecule has 0 fully saturated rings. The Morgan fingerprint density at radius 2 is 0.750 bits per heavy atom. The highest BCUT2D eigenvalue weighted by molar-refractivity contribution is 5.77. The van der Waals surface area contributed by atoms with E-state index in [2.05, 4.69) is 26.1 Å². The molecule has 1 amide bonds. The normalized spacial score (nSPS) is 13.2. The largest absolute Gasteiger partial charge is 0.462 e. The maximum atomic E-state index is 13.1. The lowest BCUT2D eigenvalue weighted by Crippen LogP contribution is -2.46. The molecule has 6 heteroatoms. The Bertz CT molecular complexity index is 806. The van der Waals surface area contributed by atoms with E-state index in [1.165, 1.54) is 193 Å². The number of amides is 1. The lowest BCUT2D eigenvalue weighted by molar-refractivity contribution is -0.151. The molecule has 6 nitrogen and oxygen atoms in total. The number of carbonyl (C=O) groups excluding carboxylic acids is 2. The number of aliphatic hydroxyl groups is 2. The minimum absolute atomic E-state index is 0.0863. The van der Waals surface area contributed by atoms with Gasteiger partial charge in [-0.3, -0.25) is 9.59 Å². The first-order valence-electron chi connectivity index (χ1n) is 25.3. The first-order valence-corrected chi connectivity index (χ1v) is 25.3. The molecular formula is C50H99NO5. The van der Waals surface area contributed by atoms with Crippen LogP contribution < -0.4 is 5.32 Å². The first-order chi connectivity index (χ1) is 27.5. The predicted octanol–water partition coefficient (Wildman–Crippen LogP) is 14.8. The van der Waals surface area contributed by atoms with E-state index in [0.717, 1.165) is 44.9 Å². The summed E-state index contributed by atoms with van der Waals surface area (Å²) in [5.41, 5.74) is 0. The number of carbonyl (C=O) groups is 2. The van der Waals surface area contributed by atoms with Crippen molar-refractivity contribution in [3.8, 4) is 0 Å². The van der Waals surface area contributed by atoms with Gasteiger partial charge in [-0.15, -0.1) is 0 Å². The zero-order valence-electron chi connectivity index (χ0n) is 38.0. The van der Waals surface area contributed by atoms with Crippen molar-refractivity contribution in [2.75, 3.05) is 6.61 Å². The fourth-order valence-corrected chi connectivity index (χ4v) is 8.08. The van der Waals surface area contributed by atoms with E-state index in [1.807, 2.05) is 0 Å². The number of hydrogen-bond donors (Lipinski definition) is 3. The van der Waals surface area contributed by atoms with E-state index in [0.29, 0.717) is 19.3 Å². The number of esters is 1. The van der Waals surface area contributed by atoms with Crippen LogP contribution in [-0.2, 0) is 14.3 Å². The Morgan fingerprint density at radius 1 is 0.446 bits per heavy atom. The molecule has 0 aliphatic heterocycles. The van der Waals surface area contributed by atoms with E-state index in [1.54, 1.807) is 0 Å². The molecule has 0 rings (SSSR count). The molecule has 56 heavy (non-hydrogen) atoms. The molecule has 0 heterocycles. The van der Waals surface area contributed by atoms with Crippen molar-refractivity contribution < 1.29 is 24.5 Å². The molecule has 0 bridgehead atoms. The minimum Gasteiger partial charge on any atom is -0.462 e. The molecule has 0 radical (unpaired) electrons. The summed E-state index contributed by atoms with van der Waals surface area (Å²) >= 11 is 0. The van der Waals surface area contributed by atoms with E-state index < -0.39 is 18.2 Å². The van der Waals surface area contributed by atoms with Crippen molar-refractivity contribution in [1.29, 1.82) is 0 Å². The third kappa shape index (κ3) is 39.7. The third-order valence-electron chi connectivity index (χ3n) is 11.9. The van der Waals surface area contributed by atoms with Crippen LogP contribution in [0.4, 0.5) is 0 Å². The zero-order valence-corrected chi connectivity index (χ0v) is 38.0. The number of ether oxygens (including phenoxy) is 1. The molecule has 3 N–H and O–H groups in total. The highest BCUT2D eigenvalue weighted by Crippen LogP contribution is 2.18. The monoisotopic (exact) mass is 794 g/mol. The summed E-state index contributed by atoms with van der Waals surface area (Å²) < 4.78 is 5.90. The average molecular weight is 794 g/mol. The van der Waals surface area contributed by atoms with Crippen LogP contribution in [0.5, 0.6) is 0 Å². The lowest BCUT2D eigenvalue weighted by atomic mass is 10.0. The van der Waals surface area contributed by atoms with Crippen LogP contribution in [0.1, 0.15) is 284 Å². The van der Waals surface area contributed by atoms with E-state index in [4.69, 9.17) is 4.74 Å². The Morgan fingerprint density at radius 3 is 1.09 bits per heavy atom. The van der Waals surface area contributed by atoms with Gasteiger partial charge in [0, 0.05) is 6.42 Å². The Labute approximate surface area is 349 Å². The van der Waals surface area contributed by atoms with Crippen molar-refractivity contribution in [2.24, 2.45) is 0 Å². The second kappa shape index (κ2) is 45.0. The second-order valence-electron chi connectivity index (χ2n) is 17.6. The molecule has 0 saturated heterocycles. The van der Waals surface area contributed by atoms with E-state index in [-0.39, 0.29) is 24.9 Å². The lowest BCUT2D eigenvalue weighted by Gasteiger charge is -2.24. The zero-order chi connectivity index (χ0) is 41.0.